The van der Waals surface area contributed by atoms with E-state index < -0.39 is 0 Å². The Hall–Kier alpha value is -1.44. The van der Waals surface area contributed by atoms with Crippen molar-refractivity contribution in [1.82, 2.24) is 9.97 Å². The minimum absolute atomic E-state index is 0.447. The molecule has 0 spiro atoms. The van der Waals surface area contributed by atoms with Crippen LogP contribution < -0.4 is 0 Å². The zero-order chi connectivity index (χ0) is 10.8. The van der Waals surface area contributed by atoms with Crippen LogP contribution in [0.5, 0.6) is 0 Å². The third kappa shape index (κ3) is 1.84. The van der Waals surface area contributed by atoms with Crippen molar-refractivity contribution in [3.8, 4) is 0 Å². The van der Waals surface area contributed by atoms with Gasteiger partial charge in [0, 0.05) is 5.39 Å². The van der Waals surface area contributed by atoms with Gasteiger partial charge in [0.05, 0.1) is 11.2 Å². The van der Waals surface area contributed by atoms with Crippen LogP contribution in [0.2, 0.25) is 0 Å². The van der Waals surface area contributed by atoms with E-state index in [0.29, 0.717) is 5.92 Å². The predicted octanol–water partition coefficient (Wildman–Crippen LogP) is 3.32. The van der Waals surface area contributed by atoms with Crippen molar-refractivity contribution in [3.63, 3.8) is 0 Å². The number of aryl methyl sites for hydroxylation is 1. The lowest BCUT2D eigenvalue weighted by Gasteiger charge is -2.08. The van der Waals surface area contributed by atoms with E-state index in [1.165, 1.54) is 10.9 Å². The Bertz CT molecular complexity index is 475. The maximum atomic E-state index is 4.35. The van der Waals surface area contributed by atoms with Gasteiger partial charge in [-0.2, -0.15) is 0 Å². The zero-order valence-electron chi connectivity index (χ0n) is 9.49. The smallest absolute Gasteiger partial charge is 0.116 e. The lowest BCUT2D eigenvalue weighted by atomic mass is 10.0. The molecule has 2 rings (SSSR count). The van der Waals surface area contributed by atoms with Gasteiger partial charge >= 0.3 is 0 Å². The van der Waals surface area contributed by atoms with Gasteiger partial charge in [0.2, 0.25) is 0 Å². The minimum Gasteiger partial charge on any atom is -0.240 e. The molecule has 2 aromatic rings. The van der Waals surface area contributed by atoms with E-state index in [2.05, 4.69) is 48.9 Å². The molecule has 0 aliphatic heterocycles. The van der Waals surface area contributed by atoms with Gasteiger partial charge in [0.1, 0.15) is 6.33 Å². The van der Waals surface area contributed by atoms with E-state index in [1.807, 2.05) is 0 Å². The van der Waals surface area contributed by atoms with E-state index >= 15 is 0 Å². The molecule has 0 N–H and O–H groups in total. The molecular formula is C13H16N2. The largest absolute Gasteiger partial charge is 0.240 e. The van der Waals surface area contributed by atoms with Crippen molar-refractivity contribution in [3.05, 3.63) is 35.8 Å². The summed E-state index contributed by atoms with van der Waals surface area (Å²) in [7, 11) is 0. The number of hydrogen-bond acceptors (Lipinski definition) is 2. The van der Waals surface area contributed by atoms with Gasteiger partial charge < -0.3 is 0 Å². The molecule has 2 nitrogen and oxygen atoms in total. The predicted molar refractivity (Wildman–Crippen MR) is 63.0 cm³/mol. The summed E-state index contributed by atoms with van der Waals surface area (Å²) in [4.78, 5) is 8.67. The van der Waals surface area contributed by atoms with Crippen LogP contribution in [0.15, 0.2) is 24.5 Å². The van der Waals surface area contributed by atoms with Gasteiger partial charge in [-0.15, -0.1) is 0 Å². The standard InChI is InChI=1S/C13H16N2/c1-4-10-5-6-11-12(7-10)14-8-15-13(11)9(2)3/h5-9H,4H2,1-3H3. The highest BCUT2D eigenvalue weighted by atomic mass is 14.8. The second-order valence-electron chi connectivity index (χ2n) is 4.12. The summed E-state index contributed by atoms with van der Waals surface area (Å²) in [5, 5.41) is 1.18. The highest BCUT2D eigenvalue weighted by Crippen LogP contribution is 2.22. The Labute approximate surface area is 90.4 Å². The molecule has 2 heteroatoms. The second-order valence-corrected chi connectivity index (χ2v) is 4.12. The fourth-order valence-corrected chi connectivity index (χ4v) is 1.80. The molecule has 0 aliphatic carbocycles. The summed E-state index contributed by atoms with van der Waals surface area (Å²) in [5.74, 6) is 0.447. The van der Waals surface area contributed by atoms with E-state index in [0.717, 1.165) is 17.6 Å². The summed E-state index contributed by atoms with van der Waals surface area (Å²) < 4.78 is 0. The highest BCUT2D eigenvalue weighted by molar-refractivity contribution is 5.81. The third-order valence-corrected chi connectivity index (χ3v) is 2.69. The Morgan fingerprint density at radius 3 is 2.67 bits per heavy atom. The van der Waals surface area contributed by atoms with Gasteiger partial charge in [0.25, 0.3) is 0 Å². The molecule has 0 radical (unpaired) electrons. The molecule has 0 amide bonds. The van der Waals surface area contributed by atoms with Crippen LogP contribution in [-0.4, -0.2) is 9.97 Å². The molecule has 1 heterocycles. The average Bonchev–Trinajstić information content (AvgIpc) is 2.27. The molecule has 0 aliphatic rings. The maximum Gasteiger partial charge on any atom is 0.116 e. The molecule has 0 saturated carbocycles. The average molecular weight is 200 g/mol. The van der Waals surface area contributed by atoms with Crippen molar-refractivity contribution in [1.29, 1.82) is 0 Å². The normalized spacial score (nSPS) is 11.2. The van der Waals surface area contributed by atoms with Crippen LogP contribution in [0.3, 0.4) is 0 Å². The monoisotopic (exact) mass is 200 g/mol. The molecule has 0 unspecified atom stereocenters. The highest BCUT2D eigenvalue weighted by Gasteiger charge is 2.07. The van der Waals surface area contributed by atoms with Crippen LogP contribution in [0.4, 0.5) is 0 Å². The quantitative estimate of drug-likeness (QED) is 0.743. The number of aromatic nitrogens is 2. The van der Waals surface area contributed by atoms with Gasteiger partial charge in [0.15, 0.2) is 0 Å². The van der Waals surface area contributed by atoms with Crippen molar-refractivity contribution in [2.45, 2.75) is 33.1 Å². The summed E-state index contributed by atoms with van der Waals surface area (Å²) in [6.45, 7) is 6.48. The van der Waals surface area contributed by atoms with Crippen molar-refractivity contribution < 1.29 is 0 Å². The topological polar surface area (TPSA) is 25.8 Å². The minimum atomic E-state index is 0.447. The number of rotatable bonds is 2. The van der Waals surface area contributed by atoms with Crippen LogP contribution in [0.1, 0.15) is 37.9 Å². The number of nitrogens with zero attached hydrogens (tertiary/aromatic N) is 2. The first kappa shape index (κ1) is 10.1. The molecule has 1 aromatic heterocycles. The molecule has 0 atom stereocenters. The summed E-state index contributed by atoms with van der Waals surface area (Å²) in [6.07, 6.45) is 2.72. The molecule has 0 saturated heterocycles. The third-order valence-electron chi connectivity index (χ3n) is 2.69. The van der Waals surface area contributed by atoms with Gasteiger partial charge in [-0.1, -0.05) is 32.9 Å². The Balaban J connectivity index is 2.67. The molecule has 15 heavy (non-hydrogen) atoms. The molecule has 78 valence electrons. The molecule has 1 aromatic carbocycles. The lowest BCUT2D eigenvalue weighted by Crippen LogP contribution is -1.96. The zero-order valence-corrected chi connectivity index (χ0v) is 9.49. The molecule has 0 bridgehead atoms. The van der Waals surface area contributed by atoms with E-state index in [-0.39, 0.29) is 0 Å². The lowest BCUT2D eigenvalue weighted by molar-refractivity contribution is 0.828. The van der Waals surface area contributed by atoms with Crippen LogP contribution in [-0.2, 0) is 6.42 Å². The molecular weight excluding hydrogens is 184 g/mol. The Kier molecular flexibility index (Phi) is 2.67. The van der Waals surface area contributed by atoms with Crippen molar-refractivity contribution in [2.24, 2.45) is 0 Å². The van der Waals surface area contributed by atoms with E-state index in [1.54, 1.807) is 6.33 Å². The van der Waals surface area contributed by atoms with E-state index in [9.17, 15) is 0 Å². The Morgan fingerprint density at radius 2 is 2.00 bits per heavy atom. The van der Waals surface area contributed by atoms with E-state index in [4.69, 9.17) is 0 Å². The Morgan fingerprint density at radius 1 is 1.20 bits per heavy atom. The van der Waals surface area contributed by atoms with Crippen LogP contribution in [0.25, 0.3) is 10.9 Å². The van der Waals surface area contributed by atoms with Crippen LogP contribution >= 0.6 is 0 Å². The summed E-state index contributed by atoms with van der Waals surface area (Å²) in [5.41, 5.74) is 3.53. The van der Waals surface area contributed by atoms with Gasteiger partial charge in [-0.05, 0) is 24.0 Å². The fourth-order valence-electron chi connectivity index (χ4n) is 1.80. The summed E-state index contributed by atoms with van der Waals surface area (Å²) >= 11 is 0. The van der Waals surface area contributed by atoms with Crippen molar-refractivity contribution in [2.75, 3.05) is 0 Å². The number of fused-ring (bicyclic) bond motifs is 1. The SMILES string of the molecule is CCc1ccc2c(C(C)C)ncnc2c1. The fraction of sp³-hybridized carbons (Fsp3) is 0.385. The van der Waals surface area contributed by atoms with Crippen LogP contribution in [0, 0.1) is 0 Å². The second kappa shape index (κ2) is 3.97. The first-order valence-corrected chi connectivity index (χ1v) is 5.46. The van der Waals surface area contributed by atoms with Gasteiger partial charge in [-0.25, -0.2) is 9.97 Å². The molecule has 0 fully saturated rings. The number of benzene rings is 1. The van der Waals surface area contributed by atoms with Crippen molar-refractivity contribution >= 4 is 10.9 Å². The first-order valence-electron chi connectivity index (χ1n) is 5.46. The first-order chi connectivity index (χ1) is 7.22. The maximum absolute atomic E-state index is 4.35. The van der Waals surface area contributed by atoms with Gasteiger partial charge in [-0.3, -0.25) is 0 Å². The number of hydrogen-bond donors (Lipinski definition) is 0. The summed E-state index contributed by atoms with van der Waals surface area (Å²) in [6, 6.07) is 6.46.